The SMILES string of the molecule is COC(=O)[C@H](CC1CCCCC1)N=C=O. The first kappa shape index (κ1) is 11.9. The molecule has 0 N–H and O–H groups in total. The van der Waals surface area contributed by atoms with E-state index in [-0.39, 0.29) is 0 Å². The molecule has 0 amide bonds. The lowest BCUT2D eigenvalue weighted by Gasteiger charge is -2.22. The fraction of sp³-hybridized carbons (Fsp3) is 0.818. The van der Waals surface area contributed by atoms with E-state index in [4.69, 9.17) is 0 Å². The molecule has 0 radical (unpaired) electrons. The van der Waals surface area contributed by atoms with Gasteiger partial charge in [0.15, 0.2) is 6.04 Å². The summed E-state index contributed by atoms with van der Waals surface area (Å²) in [5.74, 6) is 0.0730. The lowest BCUT2D eigenvalue weighted by molar-refractivity contribution is -0.142. The Bertz CT molecular complexity index is 253. The van der Waals surface area contributed by atoms with Crippen molar-refractivity contribution in [3.8, 4) is 0 Å². The van der Waals surface area contributed by atoms with Crippen LogP contribution in [-0.2, 0) is 14.3 Å². The summed E-state index contributed by atoms with van der Waals surface area (Å²) in [4.78, 5) is 25.0. The highest BCUT2D eigenvalue weighted by Gasteiger charge is 2.24. The second kappa shape index (κ2) is 6.36. The largest absolute Gasteiger partial charge is 0.467 e. The molecule has 1 aliphatic carbocycles. The number of carbonyl (C=O) groups excluding carboxylic acids is 2. The van der Waals surface area contributed by atoms with Gasteiger partial charge in [0.25, 0.3) is 0 Å². The summed E-state index contributed by atoms with van der Waals surface area (Å²) in [5.41, 5.74) is 0. The molecule has 1 aliphatic rings. The number of nitrogens with zero attached hydrogens (tertiary/aromatic N) is 1. The zero-order chi connectivity index (χ0) is 11.1. The number of esters is 1. The van der Waals surface area contributed by atoms with E-state index >= 15 is 0 Å². The average Bonchev–Trinajstić information content (AvgIpc) is 2.29. The molecule has 0 aliphatic heterocycles. The van der Waals surface area contributed by atoms with Crippen molar-refractivity contribution in [3.63, 3.8) is 0 Å². The van der Waals surface area contributed by atoms with Gasteiger partial charge in [-0.25, -0.2) is 9.59 Å². The van der Waals surface area contributed by atoms with E-state index in [0.29, 0.717) is 12.3 Å². The fourth-order valence-corrected chi connectivity index (χ4v) is 2.14. The van der Waals surface area contributed by atoms with E-state index in [1.54, 1.807) is 0 Å². The summed E-state index contributed by atoms with van der Waals surface area (Å²) in [7, 11) is 1.32. The Hall–Kier alpha value is -1.15. The van der Waals surface area contributed by atoms with Gasteiger partial charge in [0.2, 0.25) is 6.08 Å². The average molecular weight is 211 g/mol. The van der Waals surface area contributed by atoms with Crippen molar-refractivity contribution in [2.75, 3.05) is 7.11 Å². The van der Waals surface area contributed by atoms with Crippen LogP contribution in [0.3, 0.4) is 0 Å². The maximum Gasteiger partial charge on any atom is 0.331 e. The highest BCUT2D eigenvalue weighted by molar-refractivity contribution is 5.76. The second-order valence-electron chi connectivity index (χ2n) is 4.00. The van der Waals surface area contributed by atoms with Gasteiger partial charge in [-0.1, -0.05) is 32.1 Å². The van der Waals surface area contributed by atoms with Crippen molar-refractivity contribution in [1.29, 1.82) is 0 Å². The van der Waals surface area contributed by atoms with Gasteiger partial charge in [-0.15, -0.1) is 0 Å². The van der Waals surface area contributed by atoms with Crippen LogP contribution in [0.2, 0.25) is 0 Å². The molecular weight excluding hydrogens is 194 g/mol. The van der Waals surface area contributed by atoms with Gasteiger partial charge in [0.05, 0.1) is 7.11 Å². The van der Waals surface area contributed by atoms with Crippen LogP contribution >= 0.6 is 0 Å². The minimum atomic E-state index is -0.643. The number of methoxy groups -OCH3 is 1. The zero-order valence-electron chi connectivity index (χ0n) is 9.07. The minimum absolute atomic E-state index is 0.427. The lowest BCUT2D eigenvalue weighted by Crippen LogP contribution is -2.24. The number of rotatable bonds is 4. The quantitative estimate of drug-likeness (QED) is 0.405. The van der Waals surface area contributed by atoms with Gasteiger partial charge in [-0.3, -0.25) is 0 Å². The van der Waals surface area contributed by atoms with Crippen LogP contribution in [0, 0.1) is 5.92 Å². The summed E-state index contributed by atoms with van der Waals surface area (Å²) >= 11 is 0. The third-order valence-electron chi connectivity index (χ3n) is 2.96. The molecule has 84 valence electrons. The Morgan fingerprint density at radius 3 is 2.67 bits per heavy atom. The van der Waals surface area contributed by atoms with Crippen LogP contribution in [0.4, 0.5) is 0 Å². The smallest absolute Gasteiger partial charge is 0.331 e. The molecule has 15 heavy (non-hydrogen) atoms. The molecule has 0 aromatic carbocycles. The monoisotopic (exact) mass is 211 g/mol. The molecule has 0 aromatic heterocycles. The van der Waals surface area contributed by atoms with Gasteiger partial charge in [0.1, 0.15) is 0 Å². The van der Waals surface area contributed by atoms with Crippen LogP contribution in [0.1, 0.15) is 38.5 Å². The molecule has 0 saturated heterocycles. The number of ether oxygens (including phenoxy) is 1. The number of aliphatic imine (C=N–C) groups is 1. The topological polar surface area (TPSA) is 55.7 Å². The molecule has 1 saturated carbocycles. The van der Waals surface area contributed by atoms with Crippen LogP contribution in [0.25, 0.3) is 0 Å². The summed E-state index contributed by atoms with van der Waals surface area (Å²) in [6, 6.07) is -0.643. The van der Waals surface area contributed by atoms with E-state index < -0.39 is 12.0 Å². The summed E-state index contributed by atoms with van der Waals surface area (Å²) in [5, 5.41) is 0. The molecule has 0 unspecified atom stereocenters. The number of hydrogen-bond acceptors (Lipinski definition) is 4. The highest BCUT2D eigenvalue weighted by Crippen LogP contribution is 2.28. The van der Waals surface area contributed by atoms with Crippen molar-refractivity contribution in [1.82, 2.24) is 0 Å². The van der Waals surface area contributed by atoms with Gasteiger partial charge in [-0.05, 0) is 12.3 Å². The molecule has 1 atom stereocenters. The van der Waals surface area contributed by atoms with E-state index in [0.717, 1.165) is 12.8 Å². The molecule has 0 aromatic rings. The van der Waals surface area contributed by atoms with E-state index in [1.165, 1.54) is 32.5 Å². The summed E-state index contributed by atoms with van der Waals surface area (Å²) in [6.45, 7) is 0. The molecule has 1 rings (SSSR count). The van der Waals surface area contributed by atoms with Crippen LogP contribution in [0.5, 0.6) is 0 Å². The first-order chi connectivity index (χ1) is 7.27. The van der Waals surface area contributed by atoms with E-state index in [1.807, 2.05) is 0 Å². The molecular formula is C11H17NO3. The molecule has 4 nitrogen and oxygen atoms in total. The maximum absolute atomic E-state index is 11.3. The zero-order valence-corrected chi connectivity index (χ0v) is 9.07. The second-order valence-corrected chi connectivity index (χ2v) is 4.00. The third kappa shape index (κ3) is 3.84. The maximum atomic E-state index is 11.3. The van der Waals surface area contributed by atoms with Gasteiger partial charge >= 0.3 is 5.97 Å². The molecule has 0 bridgehead atoms. The summed E-state index contributed by atoms with van der Waals surface area (Å²) < 4.78 is 4.59. The van der Waals surface area contributed by atoms with Crippen molar-refractivity contribution in [2.24, 2.45) is 10.9 Å². The minimum Gasteiger partial charge on any atom is -0.467 e. The molecule has 0 spiro atoms. The lowest BCUT2D eigenvalue weighted by atomic mass is 9.85. The Morgan fingerprint density at radius 1 is 1.47 bits per heavy atom. The van der Waals surface area contributed by atoms with Gasteiger partial charge in [-0.2, -0.15) is 4.99 Å². The van der Waals surface area contributed by atoms with Crippen molar-refractivity contribution in [2.45, 2.75) is 44.6 Å². The Labute approximate surface area is 89.7 Å². The Morgan fingerprint density at radius 2 is 2.13 bits per heavy atom. The van der Waals surface area contributed by atoms with Crippen molar-refractivity contribution >= 4 is 12.0 Å². The van der Waals surface area contributed by atoms with E-state index in [9.17, 15) is 9.59 Å². The van der Waals surface area contributed by atoms with Gasteiger partial charge < -0.3 is 4.74 Å². The van der Waals surface area contributed by atoms with Gasteiger partial charge in [0, 0.05) is 0 Å². The molecule has 0 heterocycles. The highest BCUT2D eigenvalue weighted by atomic mass is 16.5. The first-order valence-electron chi connectivity index (χ1n) is 5.42. The predicted molar refractivity (Wildman–Crippen MR) is 55.1 cm³/mol. The first-order valence-corrected chi connectivity index (χ1v) is 5.42. The fourth-order valence-electron chi connectivity index (χ4n) is 2.14. The standard InChI is InChI=1S/C11H17NO3/c1-15-11(14)10(12-8-13)7-9-5-3-2-4-6-9/h9-10H,2-7H2,1H3/t10-/m0/s1. The van der Waals surface area contributed by atoms with Crippen molar-refractivity contribution in [3.05, 3.63) is 0 Å². The van der Waals surface area contributed by atoms with Crippen LogP contribution in [0.15, 0.2) is 4.99 Å². The normalized spacial score (nSPS) is 19.0. The third-order valence-corrected chi connectivity index (χ3v) is 2.96. The van der Waals surface area contributed by atoms with Crippen molar-refractivity contribution < 1.29 is 14.3 Å². The molecule has 4 heteroatoms. The summed E-state index contributed by atoms with van der Waals surface area (Å²) in [6.07, 6.45) is 8.02. The van der Waals surface area contributed by atoms with Crippen LogP contribution in [-0.4, -0.2) is 25.2 Å². The number of isocyanates is 1. The van der Waals surface area contributed by atoms with Crippen LogP contribution < -0.4 is 0 Å². The Balaban J connectivity index is 2.49. The Kier molecular flexibility index (Phi) is 5.05. The predicted octanol–water partition coefficient (Wildman–Crippen LogP) is 1.83. The number of hydrogen-bond donors (Lipinski definition) is 0. The number of carbonyl (C=O) groups is 1. The molecule has 1 fully saturated rings. The van der Waals surface area contributed by atoms with E-state index in [2.05, 4.69) is 9.73 Å².